The first-order valence-corrected chi connectivity index (χ1v) is 6.11. The van der Waals surface area contributed by atoms with E-state index in [1.54, 1.807) is 0 Å². The summed E-state index contributed by atoms with van der Waals surface area (Å²) in [5.74, 6) is -0.756. The molecule has 0 aliphatic carbocycles. The summed E-state index contributed by atoms with van der Waals surface area (Å²) in [7, 11) is 0. The van der Waals surface area contributed by atoms with E-state index in [2.05, 4.69) is 22.3 Å². The zero-order chi connectivity index (χ0) is 15.2. The second kappa shape index (κ2) is 7.09. The Morgan fingerprint density at radius 2 is 1.90 bits per heavy atom. The fraction of sp³-hybridized carbons (Fsp3) is 0.333. The molecule has 20 heavy (non-hydrogen) atoms. The second-order valence-electron chi connectivity index (χ2n) is 3.90. The lowest BCUT2D eigenvalue weighted by atomic mass is 10.2. The van der Waals surface area contributed by atoms with Crippen molar-refractivity contribution in [3.63, 3.8) is 0 Å². The van der Waals surface area contributed by atoms with Crippen LogP contribution in [0.2, 0.25) is 0 Å². The van der Waals surface area contributed by atoms with Crippen LogP contribution < -0.4 is 15.8 Å². The van der Waals surface area contributed by atoms with E-state index in [0.29, 0.717) is 24.4 Å². The van der Waals surface area contributed by atoms with Crippen molar-refractivity contribution < 1.29 is 22.7 Å². The molecule has 3 N–H and O–H groups in total. The molecule has 1 aromatic rings. The van der Waals surface area contributed by atoms with Crippen LogP contribution in [0.5, 0.6) is 5.75 Å². The van der Waals surface area contributed by atoms with Gasteiger partial charge in [-0.2, -0.15) is 0 Å². The summed E-state index contributed by atoms with van der Waals surface area (Å²) in [5.41, 5.74) is 5.55. The Bertz CT molecular complexity index is 475. The van der Waals surface area contributed by atoms with Gasteiger partial charge in [-0.15, -0.1) is 13.2 Å². The lowest BCUT2D eigenvalue weighted by Crippen LogP contribution is -2.25. The molecular weight excluding hydrogens is 293 g/mol. The third kappa shape index (κ3) is 6.37. The number of benzene rings is 1. The largest absolute Gasteiger partial charge is 0.573 e. The fourth-order valence-corrected chi connectivity index (χ4v) is 1.52. The minimum Gasteiger partial charge on any atom is -0.406 e. The van der Waals surface area contributed by atoms with Gasteiger partial charge in [-0.25, -0.2) is 0 Å². The number of thiocarbonyl (C=S) groups is 1. The molecule has 0 spiro atoms. The van der Waals surface area contributed by atoms with Gasteiger partial charge >= 0.3 is 6.36 Å². The van der Waals surface area contributed by atoms with Crippen LogP contribution in [0.3, 0.4) is 0 Å². The number of carbonyl (C=O) groups excluding carboxylic acids is 1. The summed E-state index contributed by atoms with van der Waals surface area (Å²) in [4.78, 5) is 12.0. The van der Waals surface area contributed by atoms with E-state index in [4.69, 9.17) is 5.73 Å². The molecule has 0 radical (unpaired) electrons. The lowest BCUT2D eigenvalue weighted by Gasteiger charge is -2.09. The van der Waals surface area contributed by atoms with Gasteiger partial charge in [-0.3, -0.25) is 4.79 Å². The van der Waals surface area contributed by atoms with Crippen molar-refractivity contribution in [2.45, 2.75) is 19.2 Å². The topological polar surface area (TPSA) is 64.3 Å². The first-order valence-electron chi connectivity index (χ1n) is 5.70. The normalized spacial score (nSPS) is 10.9. The molecule has 8 heteroatoms. The maximum atomic E-state index is 11.9. The molecule has 1 rings (SSSR count). The summed E-state index contributed by atoms with van der Waals surface area (Å²) in [6.45, 7) is 0.386. The maximum absolute atomic E-state index is 11.9. The van der Waals surface area contributed by atoms with Gasteiger partial charge in [0.15, 0.2) is 0 Å². The van der Waals surface area contributed by atoms with E-state index >= 15 is 0 Å². The van der Waals surface area contributed by atoms with E-state index in [0.717, 1.165) is 12.1 Å². The smallest absolute Gasteiger partial charge is 0.406 e. The van der Waals surface area contributed by atoms with E-state index in [-0.39, 0.29) is 17.2 Å². The number of rotatable bonds is 6. The van der Waals surface area contributed by atoms with Crippen LogP contribution in [0.1, 0.15) is 23.2 Å². The molecule has 0 aromatic heterocycles. The van der Waals surface area contributed by atoms with E-state index in [1.165, 1.54) is 12.1 Å². The zero-order valence-electron chi connectivity index (χ0n) is 10.4. The van der Waals surface area contributed by atoms with Crippen LogP contribution in [0.15, 0.2) is 24.3 Å². The average molecular weight is 306 g/mol. The summed E-state index contributed by atoms with van der Waals surface area (Å²) in [6.07, 6.45) is -3.62. The summed E-state index contributed by atoms with van der Waals surface area (Å²) < 4.78 is 39.5. The van der Waals surface area contributed by atoms with Crippen LogP contribution in [0.25, 0.3) is 0 Å². The Balaban J connectivity index is 2.47. The SMILES string of the molecule is NC(=S)CCCNC(=O)c1ccc(OC(F)(F)F)cc1. The van der Waals surface area contributed by atoms with Crippen molar-refractivity contribution >= 4 is 23.1 Å². The van der Waals surface area contributed by atoms with Crippen LogP contribution >= 0.6 is 12.2 Å². The molecule has 0 saturated heterocycles. The number of ether oxygens (including phenoxy) is 1. The van der Waals surface area contributed by atoms with Crippen molar-refractivity contribution in [3.05, 3.63) is 29.8 Å². The van der Waals surface area contributed by atoms with E-state index in [1.807, 2.05) is 0 Å². The molecule has 1 amide bonds. The molecule has 1 aromatic carbocycles. The highest BCUT2D eigenvalue weighted by Crippen LogP contribution is 2.22. The molecule has 0 saturated carbocycles. The first kappa shape index (κ1) is 16.2. The highest BCUT2D eigenvalue weighted by atomic mass is 32.1. The summed E-state index contributed by atoms with van der Waals surface area (Å²) in [6, 6.07) is 4.67. The van der Waals surface area contributed by atoms with Crippen LogP contribution in [-0.4, -0.2) is 23.8 Å². The van der Waals surface area contributed by atoms with E-state index in [9.17, 15) is 18.0 Å². The van der Waals surface area contributed by atoms with Crippen molar-refractivity contribution in [1.82, 2.24) is 5.32 Å². The molecule has 0 aliphatic heterocycles. The van der Waals surface area contributed by atoms with Gasteiger partial charge in [0, 0.05) is 12.1 Å². The van der Waals surface area contributed by atoms with Crippen molar-refractivity contribution in [2.24, 2.45) is 5.73 Å². The molecule has 0 aliphatic rings. The zero-order valence-corrected chi connectivity index (χ0v) is 11.2. The van der Waals surface area contributed by atoms with Crippen LogP contribution in [0, 0.1) is 0 Å². The van der Waals surface area contributed by atoms with Gasteiger partial charge in [-0.05, 0) is 37.1 Å². The Morgan fingerprint density at radius 3 is 2.40 bits per heavy atom. The average Bonchev–Trinajstić information content (AvgIpc) is 2.33. The van der Waals surface area contributed by atoms with Crippen molar-refractivity contribution in [3.8, 4) is 5.75 Å². The first-order chi connectivity index (χ1) is 9.28. The third-order valence-electron chi connectivity index (χ3n) is 2.24. The third-order valence-corrected chi connectivity index (χ3v) is 2.44. The van der Waals surface area contributed by atoms with Crippen LogP contribution in [-0.2, 0) is 0 Å². The summed E-state index contributed by atoms with van der Waals surface area (Å²) in [5, 5.41) is 2.60. The molecule has 0 unspecified atom stereocenters. The monoisotopic (exact) mass is 306 g/mol. The Hall–Kier alpha value is -1.83. The molecule has 0 heterocycles. The minimum atomic E-state index is -4.75. The highest BCUT2D eigenvalue weighted by molar-refractivity contribution is 7.80. The number of carbonyl (C=O) groups is 1. The van der Waals surface area contributed by atoms with E-state index < -0.39 is 6.36 Å². The van der Waals surface area contributed by atoms with Crippen LogP contribution in [0.4, 0.5) is 13.2 Å². The Morgan fingerprint density at radius 1 is 1.30 bits per heavy atom. The second-order valence-corrected chi connectivity index (χ2v) is 4.42. The number of nitrogens with two attached hydrogens (primary N) is 1. The molecule has 4 nitrogen and oxygen atoms in total. The quantitative estimate of drug-likeness (QED) is 0.625. The Labute approximate surface area is 119 Å². The van der Waals surface area contributed by atoms with Gasteiger partial charge in [0.05, 0.1) is 4.99 Å². The molecule has 110 valence electrons. The predicted octanol–water partition coefficient (Wildman–Crippen LogP) is 2.38. The Kier molecular flexibility index (Phi) is 5.75. The van der Waals surface area contributed by atoms with Gasteiger partial charge in [0.2, 0.25) is 0 Å². The predicted molar refractivity (Wildman–Crippen MR) is 71.5 cm³/mol. The number of hydrogen-bond acceptors (Lipinski definition) is 3. The minimum absolute atomic E-state index is 0.245. The maximum Gasteiger partial charge on any atom is 0.573 e. The molecule has 0 bridgehead atoms. The number of nitrogens with one attached hydrogen (secondary N) is 1. The van der Waals surface area contributed by atoms with Crippen molar-refractivity contribution in [1.29, 1.82) is 0 Å². The molecule has 0 atom stereocenters. The number of halogens is 3. The number of amides is 1. The lowest BCUT2D eigenvalue weighted by molar-refractivity contribution is -0.274. The number of alkyl halides is 3. The molecular formula is C12H13F3N2O2S. The highest BCUT2D eigenvalue weighted by Gasteiger charge is 2.31. The van der Waals surface area contributed by atoms with Gasteiger partial charge in [0.1, 0.15) is 5.75 Å². The van der Waals surface area contributed by atoms with Gasteiger partial charge in [-0.1, -0.05) is 12.2 Å². The fourth-order valence-electron chi connectivity index (χ4n) is 1.37. The summed E-state index contributed by atoms with van der Waals surface area (Å²) >= 11 is 4.68. The van der Waals surface area contributed by atoms with Gasteiger partial charge in [0.25, 0.3) is 5.91 Å². The standard InChI is InChI=1S/C12H13F3N2O2S/c13-12(14,15)19-9-5-3-8(4-6-9)11(18)17-7-1-2-10(16)20/h3-6H,1-2,7H2,(H2,16,20)(H,17,18). The number of hydrogen-bond donors (Lipinski definition) is 2. The molecule has 0 fully saturated rings. The van der Waals surface area contributed by atoms with Gasteiger partial charge < -0.3 is 15.8 Å². The van der Waals surface area contributed by atoms with Crippen molar-refractivity contribution in [2.75, 3.05) is 6.54 Å².